The number of urea groups is 1. The molecule has 1 saturated heterocycles. The number of para-hydroxylation sites is 1. The Morgan fingerprint density at radius 1 is 1.17 bits per heavy atom. The van der Waals surface area contributed by atoms with Crippen molar-refractivity contribution in [2.75, 3.05) is 20.8 Å². The number of aromatic amines is 1. The second kappa shape index (κ2) is 8.33. The Morgan fingerprint density at radius 3 is 2.69 bits per heavy atom. The van der Waals surface area contributed by atoms with E-state index in [2.05, 4.69) is 10.3 Å². The van der Waals surface area contributed by atoms with E-state index in [1.165, 1.54) is 0 Å². The predicted octanol–water partition coefficient (Wildman–Crippen LogP) is 2.93. The number of carbonyl (C=O) groups is 3. The monoisotopic (exact) mass is 476 g/mol. The third-order valence-corrected chi connectivity index (χ3v) is 7.21. The summed E-state index contributed by atoms with van der Waals surface area (Å²) in [5, 5.41) is 3.81. The normalized spacial score (nSPS) is 20.0. The van der Waals surface area contributed by atoms with Crippen LogP contribution in [0.1, 0.15) is 30.7 Å². The molecule has 1 aromatic heterocycles. The van der Waals surface area contributed by atoms with Crippen LogP contribution in [0.5, 0.6) is 11.5 Å². The van der Waals surface area contributed by atoms with Crippen LogP contribution in [0, 0.1) is 0 Å². The zero-order valence-electron chi connectivity index (χ0n) is 20.2. The van der Waals surface area contributed by atoms with E-state index in [9.17, 15) is 14.4 Å². The Morgan fingerprint density at radius 2 is 1.94 bits per heavy atom. The molecule has 0 unspecified atom stereocenters. The second-order valence-corrected chi connectivity index (χ2v) is 9.03. The van der Waals surface area contributed by atoms with Crippen molar-refractivity contribution < 1.29 is 23.9 Å². The summed E-state index contributed by atoms with van der Waals surface area (Å²) < 4.78 is 10.7. The Hall–Kier alpha value is -4.01. The number of benzene rings is 2. The van der Waals surface area contributed by atoms with Gasteiger partial charge in [-0.25, -0.2) is 9.69 Å². The second-order valence-electron chi connectivity index (χ2n) is 9.03. The van der Waals surface area contributed by atoms with Gasteiger partial charge in [0.15, 0.2) is 5.54 Å². The number of amides is 4. The first-order valence-corrected chi connectivity index (χ1v) is 11.5. The smallest absolute Gasteiger partial charge is 0.328 e. The SMILES string of the molecule is COc1ccc2[nH]c3c(c2c1)CCN1C(=O)N([C@@H](C)C(=O)NCc2ccccc2OC)C(=O)[C@]31C. The van der Waals surface area contributed by atoms with Crippen molar-refractivity contribution in [1.29, 1.82) is 0 Å². The molecule has 4 amide bonds. The lowest BCUT2D eigenvalue weighted by molar-refractivity contribution is -0.139. The molecule has 2 N–H and O–H groups in total. The van der Waals surface area contributed by atoms with Crippen molar-refractivity contribution in [3.63, 3.8) is 0 Å². The fraction of sp³-hybridized carbons (Fsp3) is 0.346. The summed E-state index contributed by atoms with van der Waals surface area (Å²) in [5.41, 5.74) is 2.15. The van der Waals surface area contributed by atoms with Crippen LogP contribution < -0.4 is 14.8 Å². The quantitative estimate of drug-likeness (QED) is 0.533. The van der Waals surface area contributed by atoms with Gasteiger partial charge >= 0.3 is 6.03 Å². The summed E-state index contributed by atoms with van der Waals surface area (Å²) in [5.74, 6) is 0.550. The van der Waals surface area contributed by atoms with Gasteiger partial charge in [0.05, 0.1) is 19.9 Å². The van der Waals surface area contributed by atoms with E-state index in [0.717, 1.165) is 32.7 Å². The molecule has 0 spiro atoms. The molecular weight excluding hydrogens is 448 g/mol. The van der Waals surface area contributed by atoms with Gasteiger partial charge in [-0.2, -0.15) is 0 Å². The average molecular weight is 477 g/mol. The number of carbonyl (C=O) groups excluding carboxylic acids is 3. The minimum Gasteiger partial charge on any atom is -0.497 e. The van der Waals surface area contributed by atoms with Gasteiger partial charge in [-0.1, -0.05) is 18.2 Å². The number of rotatable bonds is 6. The molecule has 1 fully saturated rings. The lowest BCUT2D eigenvalue weighted by atomic mass is 9.87. The highest BCUT2D eigenvalue weighted by Crippen LogP contribution is 2.45. The van der Waals surface area contributed by atoms with Crippen LogP contribution in [0.3, 0.4) is 0 Å². The zero-order valence-corrected chi connectivity index (χ0v) is 20.2. The molecule has 2 atom stereocenters. The van der Waals surface area contributed by atoms with Gasteiger partial charge in [0.25, 0.3) is 5.91 Å². The van der Waals surface area contributed by atoms with Gasteiger partial charge in [-0.05, 0) is 50.1 Å². The molecule has 0 bridgehead atoms. The first-order valence-electron chi connectivity index (χ1n) is 11.5. The third-order valence-electron chi connectivity index (χ3n) is 7.21. The molecule has 2 aliphatic rings. The van der Waals surface area contributed by atoms with Crippen LogP contribution in [-0.4, -0.2) is 59.4 Å². The van der Waals surface area contributed by atoms with E-state index < -0.39 is 29.4 Å². The van der Waals surface area contributed by atoms with Crippen LogP contribution in [0.15, 0.2) is 42.5 Å². The molecule has 35 heavy (non-hydrogen) atoms. The molecule has 5 rings (SSSR count). The summed E-state index contributed by atoms with van der Waals surface area (Å²) >= 11 is 0. The molecule has 0 radical (unpaired) electrons. The largest absolute Gasteiger partial charge is 0.497 e. The van der Waals surface area contributed by atoms with Crippen molar-refractivity contribution in [2.24, 2.45) is 0 Å². The molecule has 0 aliphatic carbocycles. The summed E-state index contributed by atoms with van der Waals surface area (Å²) in [7, 11) is 3.18. The lowest BCUT2D eigenvalue weighted by Gasteiger charge is -2.36. The Balaban J connectivity index is 1.42. The van der Waals surface area contributed by atoms with Crippen LogP contribution in [-0.2, 0) is 28.1 Å². The highest BCUT2D eigenvalue weighted by Gasteiger charge is 2.60. The number of H-pyrrole nitrogens is 1. The first-order chi connectivity index (χ1) is 16.8. The fourth-order valence-corrected chi connectivity index (χ4v) is 5.21. The van der Waals surface area contributed by atoms with Crippen LogP contribution in [0.25, 0.3) is 10.9 Å². The van der Waals surface area contributed by atoms with Gasteiger partial charge in [0.2, 0.25) is 5.91 Å². The highest BCUT2D eigenvalue weighted by atomic mass is 16.5. The minimum absolute atomic E-state index is 0.221. The van der Waals surface area contributed by atoms with Gasteiger partial charge in [-0.3, -0.25) is 9.59 Å². The summed E-state index contributed by atoms with van der Waals surface area (Å²) in [4.78, 5) is 46.2. The fourth-order valence-electron chi connectivity index (χ4n) is 5.21. The number of nitrogens with one attached hydrogen (secondary N) is 2. The number of nitrogens with zero attached hydrogens (tertiary/aromatic N) is 2. The van der Waals surface area contributed by atoms with E-state index in [-0.39, 0.29) is 6.54 Å². The third kappa shape index (κ3) is 3.33. The molecule has 3 heterocycles. The molecule has 182 valence electrons. The van der Waals surface area contributed by atoms with Crippen LogP contribution in [0.4, 0.5) is 4.79 Å². The Bertz CT molecular complexity index is 1350. The van der Waals surface area contributed by atoms with Gasteiger partial charge in [0.1, 0.15) is 17.5 Å². The Kier molecular flexibility index (Phi) is 5.42. The lowest BCUT2D eigenvalue weighted by Crippen LogP contribution is -2.49. The maximum Gasteiger partial charge on any atom is 0.328 e. The minimum atomic E-state index is -1.21. The molecule has 2 aliphatic heterocycles. The van der Waals surface area contributed by atoms with Crippen molar-refractivity contribution in [3.05, 3.63) is 59.3 Å². The topological polar surface area (TPSA) is 104 Å². The van der Waals surface area contributed by atoms with E-state index in [1.807, 2.05) is 42.5 Å². The first kappa shape index (κ1) is 22.8. The molecule has 3 aromatic rings. The zero-order chi connectivity index (χ0) is 24.9. The van der Waals surface area contributed by atoms with Crippen molar-refractivity contribution in [1.82, 2.24) is 20.1 Å². The molecule has 9 heteroatoms. The van der Waals surface area contributed by atoms with Gasteiger partial charge in [-0.15, -0.1) is 0 Å². The average Bonchev–Trinajstić information content (AvgIpc) is 3.34. The number of methoxy groups -OCH3 is 2. The summed E-state index contributed by atoms with van der Waals surface area (Å²) in [6.45, 7) is 3.92. The molecule has 9 nitrogen and oxygen atoms in total. The molecule has 0 saturated carbocycles. The summed E-state index contributed by atoms with van der Waals surface area (Å²) in [6, 6.07) is 11.6. The van der Waals surface area contributed by atoms with Gasteiger partial charge in [0, 0.05) is 29.6 Å². The predicted molar refractivity (Wildman–Crippen MR) is 129 cm³/mol. The number of imide groups is 1. The van der Waals surface area contributed by atoms with E-state index >= 15 is 0 Å². The summed E-state index contributed by atoms with van der Waals surface area (Å²) in [6.07, 6.45) is 0.597. The maximum absolute atomic E-state index is 13.8. The van der Waals surface area contributed by atoms with Crippen molar-refractivity contribution >= 4 is 28.7 Å². The molecular formula is C26H28N4O5. The van der Waals surface area contributed by atoms with Crippen molar-refractivity contribution in [3.8, 4) is 11.5 Å². The number of ether oxygens (including phenoxy) is 2. The van der Waals surface area contributed by atoms with Crippen molar-refractivity contribution in [2.45, 2.75) is 38.4 Å². The standard InChI is InChI=1S/C26H28N4O5/c1-15(23(31)27-14-16-7-5-6-8-21(16)35-4)30-24(32)26(2)22-18(11-12-29(26)25(30)33)19-13-17(34-3)9-10-20(19)28-22/h5-10,13,15,28H,11-12,14H2,1-4H3,(H,27,31)/t15-,26-/m0/s1. The van der Waals surface area contributed by atoms with Crippen LogP contribution >= 0.6 is 0 Å². The number of hydrogen-bond acceptors (Lipinski definition) is 5. The van der Waals surface area contributed by atoms with Crippen LogP contribution in [0.2, 0.25) is 0 Å². The van der Waals surface area contributed by atoms with Gasteiger partial charge < -0.3 is 24.7 Å². The maximum atomic E-state index is 13.8. The number of hydrogen-bond donors (Lipinski definition) is 2. The number of aromatic nitrogens is 1. The number of fused-ring (bicyclic) bond motifs is 5. The highest BCUT2D eigenvalue weighted by molar-refractivity contribution is 6.11. The Labute approximate surface area is 203 Å². The van der Waals surface area contributed by atoms with E-state index in [1.54, 1.807) is 33.0 Å². The molecule has 2 aromatic carbocycles. The van der Waals surface area contributed by atoms with E-state index in [4.69, 9.17) is 9.47 Å². The van der Waals surface area contributed by atoms with E-state index in [0.29, 0.717) is 24.4 Å².